The van der Waals surface area contributed by atoms with Gasteiger partial charge in [-0.2, -0.15) is 0 Å². The molecule has 0 fully saturated rings. The van der Waals surface area contributed by atoms with Gasteiger partial charge < -0.3 is 0 Å². The Morgan fingerprint density at radius 3 is 1.00 bits per heavy atom. The van der Waals surface area contributed by atoms with Crippen LogP contribution >= 0.6 is 0 Å². The SMILES string of the molecule is C(=Cc1ccc2ccc3cccc4ccc1c2c34)c1ccc(/C=C\c2ccc3ccc4cccc5ccc2c3c45)cc1. The van der Waals surface area contributed by atoms with E-state index in [0.29, 0.717) is 0 Å². The molecule has 0 aliphatic rings. The number of hydrogen-bond acceptors (Lipinski definition) is 0. The van der Waals surface area contributed by atoms with Gasteiger partial charge in [0.2, 0.25) is 0 Å². The number of benzene rings is 9. The van der Waals surface area contributed by atoms with Gasteiger partial charge in [0, 0.05) is 0 Å². The zero-order valence-electron chi connectivity index (χ0n) is 23.0. The number of rotatable bonds is 4. The van der Waals surface area contributed by atoms with E-state index < -0.39 is 0 Å². The summed E-state index contributed by atoms with van der Waals surface area (Å²) in [6.07, 6.45) is 8.95. The molecule has 194 valence electrons. The molecule has 0 heterocycles. The maximum Gasteiger partial charge on any atom is -0.00208 e. The van der Waals surface area contributed by atoms with E-state index in [0.717, 1.165) is 0 Å². The van der Waals surface area contributed by atoms with Crippen LogP contribution in [0.1, 0.15) is 22.3 Å². The minimum atomic E-state index is 1.19. The van der Waals surface area contributed by atoms with Crippen LogP contribution in [0.15, 0.2) is 133 Å². The van der Waals surface area contributed by atoms with Crippen molar-refractivity contribution in [3.63, 3.8) is 0 Å². The van der Waals surface area contributed by atoms with Crippen LogP contribution in [0.25, 0.3) is 88.9 Å². The van der Waals surface area contributed by atoms with Gasteiger partial charge in [0.15, 0.2) is 0 Å². The van der Waals surface area contributed by atoms with Crippen molar-refractivity contribution in [3.8, 4) is 0 Å². The third-order valence-corrected chi connectivity index (χ3v) is 8.97. The summed E-state index contributed by atoms with van der Waals surface area (Å²) in [7, 11) is 0. The fraction of sp³-hybridized carbons (Fsp3) is 0. The minimum absolute atomic E-state index is 1.19. The molecular weight excluding hydrogens is 504 g/mol. The van der Waals surface area contributed by atoms with Crippen molar-refractivity contribution in [3.05, 3.63) is 156 Å². The molecule has 0 spiro atoms. The van der Waals surface area contributed by atoms with Crippen LogP contribution < -0.4 is 0 Å². The second kappa shape index (κ2) is 9.03. The summed E-state index contributed by atoms with van der Waals surface area (Å²) >= 11 is 0. The summed E-state index contributed by atoms with van der Waals surface area (Å²) in [5, 5.41) is 15.9. The molecule has 0 amide bonds. The lowest BCUT2D eigenvalue weighted by Gasteiger charge is -2.12. The Hall–Kier alpha value is -5.46. The molecule has 0 N–H and O–H groups in total. The van der Waals surface area contributed by atoms with Gasteiger partial charge in [-0.25, -0.2) is 0 Å². The molecule has 0 radical (unpaired) electrons. The lowest BCUT2D eigenvalue weighted by molar-refractivity contribution is 1.62. The maximum absolute atomic E-state index is 2.27. The average molecular weight is 531 g/mol. The molecule has 0 heteroatoms. The quantitative estimate of drug-likeness (QED) is 0.157. The van der Waals surface area contributed by atoms with Crippen molar-refractivity contribution in [1.82, 2.24) is 0 Å². The molecule has 0 saturated carbocycles. The molecule has 0 saturated heterocycles. The highest BCUT2D eigenvalue weighted by molar-refractivity contribution is 6.25. The Morgan fingerprint density at radius 2 is 0.595 bits per heavy atom. The van der Waals surface area contributed by atoms with Gasteiger partial charge in [0.25, 0.3) is 0 Å². The van der Waals surface area contributed by atoms with Crippen LogP contribution in [-0.4, -0.2) is 0 Å². The van der Waals surface area contributed by atoms with Crippen molar-refractivity contribution < 1.29 is 0 Å². The van der Waals surface area contributed by atoms with Crippen molar-refractivity contribution in [1.29, 1.82) is 0 Å². The van der Waals surface area contributed by atoms with Gasteiger partial charge in [-0.1, -0.05) is 158 Å². The lowest BCUT2D eigenvalue weighted by Crippen LogP contribution is -1.86. The first-order chi connectivity index (χ1) is 20.8. The van der Waals surface area contributed by atoms with Crippen LogP contribution in [0.3, 0.4) is 0 Å². The van der Waals surface area contributed by atoms with E-state index in [9.17, 15) is 0 Å². The topological polar surface area (TPSA) is 0 Å². The average Bonchev–Trinajstić information content (AvgIpc) is 3.05. The zero-order chi connectivity index (χ0) is 27.6. The first-order valence-corrected chi connectivity index (χ1v) is 14.6. The molecule has 0 atom stereocenters. The van der Waals surface area contributed by atoms with Crippen molar-refractivity contribution >= 4 is 88.9 Å². The van der Waals surface area contributed by atoms with E-state index in [4.69, 9.17) is 0 Å². The standard InChI is InChI=1S/C42H26/c1-3-31-19-21-35-17-15-29(37-25-23-33(5-1)39(31)41(35)37)13-11-27-7-9-28(10-8-27)12-14-30-16-18-36-22-20-32-4-2-6-34-24-26-38(30)42(36)40(32)34/h1-26H/b13-11-,14-12?. The fourth-order valence-corrected chi connectivity index (χ4v) is 6.90. The van der Waals surface area contributed by atoms with E-state index in [1.54, 1.807) is 0 Å². The highest BCUT2D eigenvalue weighted by atomic mass is 14.1. The summed E-state index contributed by atoms with van der Waals surface area (Å²) < 4.78 is 0. The minimum Gasteiger partial charge on any atom is -0.0610 e. The summed E-state index contributed by atoms with van der Waals surface area (Å²) in [4.78, 5) is 0. The molecule has 0 nitrogen and oxygen atoms in total. The highest BCUT2D eigenvalue weighted by Crippen LogP contribution is 2.38. The predicted molar refractivity (Wildman–Crippen MR) is 185 cm³/mol. The molecule has 9 aromatic carbocycles. The van der Waals surface area contributed by atoms with Gasteiger partial charge in [-0.3, -0.25) is 0 Å². The first kappa shape index (κ1) is 23.3. The van der Waals surface area contributed by atoms with Crippen molar-refractivity contribution in [2.45, 2.75) is 0 Å². The highest BCUT2D eigenvalue weighted by Gasteiger charge is 2.11. The molecular formula is C42H26. The molecule has 0 bridgehead atoms. The summed E-state index contributed by atoms with van der Waals surface area (Å²) in [6, 6.07) is 49.0. The smallest absolute Gasteiger partial charge is 0.00208 e. The molecule has 0 aromatic heterocycles. The van der Waals surface area contributed by atoms with Crippen LogP contribution in [0.2, 0.25) is 0 Å². The molecule has 42 heavy (non-hydrogen) atoms. The van der Waals surface area contributed by atoms with Gasteiger partial charge in [-0.15, -0.1) is 0 Å². The van der Waals surface area contributed by atoms with Crippen LogP contribution in [0.4, 0.5) is 0 Å². The second-order valence-corrected chi connectivity index (χ2v) is 11.4. The maximum atomic E-state index is 2.27. The van der Waals surface area contributed by atoms with Gasteiger partial charge >= 0.3 is 0 Å². The van der Waals surface area contributed by atoms with E-state index in [1.165, 1.54) is 86.9 Å². The monoisotopic (exact) mass is 530 g/mol. The van der Waals surface area contributed by atoms with Gasteiger partial charge in [0.05, 0.1) is 0 Å². The lowest BCUT2D eigenvalue weighted by atomic mass is 9.91. The molecule has 9 aromatic rings. The Kier molecular flexibility index (Phi) is 5.00. The molecule has 0 aliphatic carbocycles. The third-order valence-electron chi connectivity index (χ3n) is 8.97. The van der Waals surface area contributed by atoms with Crippen molar-refractivity contribution in [2.75, 3.05) is 0 Å². The predicted octanol–water partition coefficient (Wildman–Crippen LogP) is 11.8. The Morgan fingerprint density at radius 1 is 0.262 bits per heavy atom. The van der Waals surface area contributed by atoms with E-state index in [1.807, 2.05) is 0 Å². The Bertz CT molecular complexity index is 2280. The number of hydrogen-bond donors (Lipinski definition) is 0. The Labute approximate surface area is 244 Å². The first-order valence-electron chi connectivity index (χ1n) is 14.6. The summed E-state index contributed by atoms with van der Waals surface area (Å²) in [5.41, 5.74) is 4.89. The summed E-state index contributed by atoms with van der Waals surface area (Å²) in [6.45, 7) is 0. The van der Waals surface area contributed by atoms with Gasteiger partial charge in [0.1, 0.15) is 0 Å². The van der Waals surface area contributed by atoms with Crippen molar-refractivity contribution in [2.24, 2.45) is 0 Å². The Balaban J connectivity index is 1.03. The third kappa shape index (κ3) is 3.56. The fourth-order valence-electron chi connectivity index (χ4n) is 6.90. The normalized spacial score (nSPS) is 12.6. The largest absolute Gasteiger partial charge is 0.0610 e. The molecule has 9 rings (SSSR count). The van der Waals surface area contributed by atoms with Gasteiger partial charge in [-0.05, 0) is 86.9 Å². The van der Waals surface area contributed by atoms with E-state index in [2.05, 4.69) is 158 Å². The van der Waals surface area contributed by atoms with Crippen LogP contribution in [0, 0.1) is 0 Å². The van der Waals surface area contributed by atoms with Crippen LogP contribution in [-0.2, 0) is 0 Å². The molecule has 0 aliphatic heterocycles. The zero-order valence-corrected chi connectivity index (χ0v) is 23.0. The molecule has 0 unspecified atom stereocenters. The second-order valence-electron chi connectivity index (χ2n) is 11.4. The van der Waals surface area contributed by atoms with E-state index in [-0.39, 0.29) is 0 Å². The van der Waals surface area contributed by atoms with E-state index >= 15 is 0 Å². The van der Waals surface area contributed by atoms with Crippen LogP contribution in [0.5, 0.6) is 0 Å². The summed E-state index contributed by atoms with van der Waals surface area (Å²) in [5.74, 6) is 0.